The summed E-state index contributed by atoms with van der Waals surface area (Å²) in [6.45, 7) is 4.65. The molecule has 0 spiro atoms. The van der Waals surface area contributed by atoms with E-state index in [9.17, 15) is 4.57 Å². The number of hydrogen-bond acceptors (Lipinski definition) is 2. The van der Waals surface area contributed by atoms with Crippen molar-refractivity contribution in [3.8, 4) is 0 Å². The van der Waals surface area contributed by atoms with E-state index in [2.05, 4.69) is 16.6 Å². The molecule has 1 aromatic carbocycles. The Kier molecular flexibility index (Phi) is 4.80. The van der Waals surface area contributed by atoms with Crippen LogP contribution >= 0.6 is 7.29 Å². The standard InChI is InChI=1S/C17H24N3OP/c1-2-19-15-12-18-17(19)22(21,16-10-6-5-7-11-16)20-13-8-3-4-9-14-20/h5-7,10-12,15H,2-4,8-9,13-14H2,1H3. The predicted octanol–water partition coefficient (Wildman–Crippen LogP) is 3.01. The van der Waals surface area contributed by atoms with Gasteiger partial charge < -0.3 is 4.57 Å². The number of aromatic nitrogens is 2. The Balaban J connectivity index is 2.11. The molecule has 5 heteroatoms. The summed E-state index contributed by atoms with van der Waals surface area (Å²) in [4.78, 5) is 4.50. The zero-order valence-corrected chi connectivity index (χ0v) is 14.1. The molecule has 0 bridgehead atoms. The van der Waals surface area contributed by atoms with Crippen LogP contribution in [0.4, 0.5) is 0 Å². The second kappa shape index (κ2) is 6.80. The van der Waals surface area contributed by atoms with Crippen LogP contribution in [0.2, 0.25) is 0 Å². The van der Waals surface area contributed by atoms with E-state index < -0.39 is 7.29 Å². The molecule has 1 fully saturated rings. The molecule has 1 unspecified atom stereocenters. The molecule has 1 atom stereocenters. The molecule has 0 saturated carbocycles. The van der Waals surface area contributed by atoms with E-state index in [-0.39, 0.29) is 0 Å². The van der Waals surface area contributed by atoms with Gasteiger partial charge in [-0.25, -0.2) is 9.65 Å². The maximum Gasteiger partial charge on any atom is 0.241 e. The summed E-state index contributed by atoms with van der Waals surface area (Å²) >= 11 is 0. The minimum atomic E-state index is -2.85. The summed E-state index contributed by atoms with van der Waals surface area (Å²) in [5, 5.41) is 0.901. The van der Waals surface area contributed by atoms with Gasteiger partial charge in [-0.2, -0.15) is 0 Å². The third-order valence-electron chi connectivity index (χ3n) is 4.39. The maximum atomic E-state index is 14.2. The molecule has 1 aromatic heterocycles. The summed E-state index contributed by atoms with van der Waals surface area (Å²) < 4.78 is 18.4. The average Bonchev–Trinajstić information content (AvgIpc) is 2.89. The fourth-order valence-corrected chi connectivity index (χ4v) is 6.20. The molecule has 1 saturated heterocycles. The molecule has 22 heavy (non-hydrogen) atoms. The minimum Gasteiger partial charge on any atom is -0.328 e. The molecular weight excluding hydrogens is 293 g/mol. The average molecular weight is 317 g/mol. The van der Waals surface area contributed by atoms with Gasteiger partial charge in [0.1, 0.15) is 0 Å². The van der Waals surface area contributed by atoms with Crippen molar-refractivity contribution in [2.75, 3.05) is 13.1 Å². The molecule has 0 aliphatic carbocycles. The van der Waals surface area contributed by atoms with E-state index in [0.29, 0.717) is 0 Å². The Morgan fingerprint density at radius 2 is 1.77 bits per heavy atom. The first kappa shape index (κ1) is 15.5. The Morgan fingerprint density at radius 3 is 2.41 bits per heavy atom. The monoisotopic (exact) mass is 317 g/mol. The molecule has 0 amide bonds. The molecular formula is C17H24N3OP. The van der Waals surface area contributed by atoms with Crippen molar-refractivity contribution < 1.29 is 4.57 Å². The number of imidazole rings is 1. The van der Waals surface area contributed by atoms with Gasteiger partial charge in [-0.05, 0) is 31.9 Å². The van der Waals surface area contributed by atoms with Gasteiger partial charge in [0, 0.05) is 37.3 Å². The lowest BCUT2D eigenvalue weighted by Crippen LogP contribution is -2.37. The van der Waals surface area contributed by atoms with Crippen LogP contribution in [0.25, 0.3) is 0 Å². The number of aryl methyl sites for hydroxylation is 1. The summed E-state index contributed by atoms with van der Waals surface area (Å²) in [6.07, 6.45) is 8.39. The molecule has 118 valence electrons. The van der Waals surface area contributed by atoms with Crippen LogP contribution in [0.1, 0.15) is 32.6 Å². The minimum absolute atomic E-state index is 0.725. The molecule has 3 rings (SSSR count). The lowest BCUT2D eigenvalue weighted by atomic mass is 10.2. The van der Waals surface area contributed by atoms with E-state index in [1.807, 2.05) is 41.1 Å². The third kappa shape index (κ3) is 2.78. The highest BCUT2D eigenvalue weighted by molar-refractivity contribution is 7.76. The SMILES string of the molecule is CCn1ccnc1P(=O)(c1ccccc1)N1CCCCCC1. The number of hydrogen-bond donors (Lipinski definition) is 0. The molecule has 2 aromatic rings. The first-order valence-electron chi connectivity index (χ1n) is 8.19. The van der Waals surface area contributed by atoms with E-state index >= 15 is 0 Å². The zero-order chi connectivity index (χ0) is 15.4. The van der Waals surface area contributed by atoms with Crippen molar-refractivity contribution in [1.29, 1.82) is 0 Å². The fraction of sp³-hybridized carbons (Fsp3) is 0.471. The van der Waals surface area contributed by atoms with E-state index in [4.69, 9.17) is 0 Å². The Labute approximate surface area is 132 Å². The number of rotatable bonds is 4. The molecule has 1 aliphatic rings. The second-order valence-corrected chi connectivity index (χ2v) is 8.43. The summed E-state index contributed by atoms with van der Waals surface area (Å²) in [7, 11) is -2.85. The largest absolute Gasteiger partial charge is 0.328 e. The van der Waals surface area contributed by atoms with Gasteiger partial charge in [-0.3, -0.25) is 4.57 Å². The van der Waals surface area contributed by atoms with E-state index in [0.717, 1.165) is 43.3 Å². The van der Waals surface area contributed by atoms with Crippen LogP contribution in [-0.4, -0.2) is 27.3 Å². The Hall–Kier alpha value is -1.38. The van der Waals surface area contributed by atoms with E-state index in [1.165, 1.54) is 12.8 Å². The lowest BCUT2D eigenvalue weighted by Gasteiger charge is -2.30. The number of nitrogens with zero attached hydrogens (tertiary/aromatic N) is 3. The van der Waals surface area contributed by atoms with Crippen LogP contribution in [0.5, 0.6) is 0 Å². The lowest BCUT2D eigenvalue weighted by molar-refractivity contribution is 0.433. The summed E-state index contributed by atoms with van der Waals surface area (Å²) in [5.74, 6) is 0. The topological polar surface area (TPSA) is 38.1 Å². The van der Waals surface area contributed by atoms with Gasteiger partial charge in [0.2, 0.25) is 7.29 Å². The smallest absolute Gasteiger partial charge is 0.241 e. The summed E-state index contributed by atoms with van der Waals surface area (Å²) in [5.41, 5.74) is 0.725. The molecule has 0 radical (unpaired) electrons. The predicted molar refractivity (Wildman–Crippen MR) is 91.3 cm³/mol. The normalized spacial score (nSPS) is 19.5. The Bertz CT molecular complexity index is 645. The van der Waals surface area contributed by atoms with Crippen LogP contribution in [-0.2, 0) is 11.1 Å². The van der Waals surface area contributed by atoms with Gasteiger partial charge in [-0.1, -0.05) is 31.0 Å². The van der Waals surface area contributed by atoms with E-state index in [1.54, 1.807) is 6.20 Å². The third-order valence-corrected chi connectivity index (χ3v) is 7.50. The quantitative estimate of drug-likeness (QED) is 0.814. The second-order valence-electron chi connectivity index (χ2n) is 5.79. The fourth-order valence-electron chi connectivity index (χ4n) is 3.19. The molecule has 0 N–H and O–H groups in total. The van der Waals surface area contributed by atoms with Gasteiger partial charge in [-0.15, -0.1) is 0 Å². The van der Waals surface area contributed by atoms with Crippen LogP contribution < -0.4 is 10.9 Å². The highest BCUT2D eigenvalue weighted by atomic mass is 31.2. The molecule has 1 aliphatic heterocycles. The van der Waals surface area contributed by atoms with Crippen molar-refractivity contribution in [3.05, 3.63) is 42.7 Å². The first-order chi connectivity index (χ1) is 10.8. The maximum absolute atomic E-state index is 14.2. The first-order valence-corrected chi connectivity index (χ1v) is 9.85. The highest BCUT2D eigenvalue weighted by Crippen LogP contribution is 2.47. The zero-order valence-electron chi connectivity index (χ0n) is 13.2. The Morgan fingerprint density at radius 1 is 1.09 bits per heavy atom. The van der Waals surface area contributed by atoms with Crippen molar-refractivity contribution in [2.45, 2.75) is 39.2 Å². The van der Waals surface area contributed by atoms with Crippen LogP contribution in [0.15, 0.2) is 42.7 Å². The van der Waals surface area contributed by atoms with Crippen molar-refractivity contribution in [2.24, 2.45) is 0 Å². The number of benzene rings is 1. The van der Waals surface area contributed by atoms with Crippen molar-refractivity contribution >= 4 is 18.2 Å². The van der Waals surface area contributed by atoms with Gasteiger partial charge in [0.05, 0.1) is 0 Å². The van der Waals surface area contributed by atoms with Crippen molar-refractivity contribution in [3.63, 3.8) is 0 Å². The summed E-state index contributed by atoms with van der Waals surface area (Å²) in [6, 6.07) is 9.89. The van der Waals surface area contributed by atoms with Crippen LogP contribution in [0.3, 0.4) is 0 Å². The van der Waals surface area contributed by atoms with Crippen LogP contribution in [0, 0.1) is 0 Å². The molecule has 4 nitrogen and oxygen atoms in total. The van der Waals surface area contributed by atoms with Crippen molar-refractivity contribution in [1.82, 2.24) is 14.2 Å². The van der Waals surface area contributed by atoms with Gasteiger partial charge >= 0.3 is 0 Å². The van der Waals surface area contributed by atoms with Gasteiger partial charge in [0.25, 0.3) is 0 Å². The molecule has 2 heterocycles. The van der Waals surface area contributed by atoms with Gasteiger partial charge in [0.15, 0.2) is 5.57 Å². The highest BCUT2D eigenvalue weighted by Gasteiger charge is 2.38.